The minimum Gasteiger partial charge on any atom is -0.349 e. The van der Waals surface area contributed by atoms with Crippen LogP contribution >= 0.6 is 0 Å². The third-order valence-electron chi connectivity index (χ3n) is 5.51. The van der Waals surface area contributed by atoms with Crippen molar-refractivity contribution in [1.29, 1.82) is 0 Å². The van der Waals surface area contributed by atoms with Gasteiger partial charge in [0.1, 0.15) is 0 Å². The highest BCUT2D eigenvalue weighted by atomic mass is 32.2. The number of carbonyl (C=O) groups is 1. The van der Waals surface area contributed by atoms with Crippen LogP contribution in [0.5, 0.6) is 0 Å². The highest BCUT2D eigenvalue weighted by Crippen LogP contribution is 2.19. The Labute approximate surface area is 184 Å². The molecule has 0 bridgehead atoms. The van der Waals surface area contributed by atoms with Crippen molar-refractivity contribution in [2.75, 3.05) is 27.2 Å². The summed E-state index contributed by atoms with van der Waals surface area (Å²) in [5.41, 5.74) is 1.83. The molecule has 7 nitrogen and oxygen atoms in total. The van der Waals surface area contributed by atoms with Crippen LogP contribution in [-0.2, 0) is 21.4 Å². The minimum absolute atomic E-state index is 0.129. The van der Waals surface area contributed by atoms with E-state index in [4.69, 9.17) is 0 Å². The fraction of sp³-hybridized carbons (Fsp3) is 0.391. The molecule has 0 saturated carbocycles. The van der Waals surface area contributed by atoms with Crippen molar-refractivity contribution in [1.82, 2.24) is 19.5 Å². The fourth-order valence-electron chi connectivity index (χ4n) is 3.68. The zero-order chi connectivity index (χ0) is 22.4. The van der Waals surface area contributed by atoms with Gasteiger partial charge in [-0.05, 0) is 48.2 Å². The predicted octanol–water partition coefficient (Wildman–Crippen LogP) is 2.37. The van der Waals surface area contributed by atoms with Crippen molar-refractivity contribution >= 4 is 22.0 Å². The molecule has 1 aromatic carbocycles. The second kappa shape index (κ2) is 10.2. The molecule has 2 atom stereocenters. The molecular weight excluding hydrogens is 412 g/mol. The first-order chi connectivity index (χ1) is 14.8. The molecule has 2 aromatic rings. The van der Waals surface area contributed by atoms with Gasteiger partial charge in [-0.1, -0.05) is 25.1 Å². The van der Waals surface area contributed by atoms with Gasteiger partial charge in [-0.15, -0.1) is 0 Å². The van der Waals surface area contributed by atoms with E-state index in [1.165, 1.54) is 24.5 Å². The molecule has 1 amide bonds. The van der Waals surface area contributed by atoms with E-state index in [0.29, 0.717) is 5.92 Å². The molecule has 0 aliphatic carbocycles. The Balaban J connectivity index is 1.51. The Kier molecular flexibility index (Phi) is 7.59. The summed E-state index contributed by atoms with van der Waals surface area (Å²) >= 11 is 0. The molecule has 1 N–H and O–H groups in total. The van der Waals surface area contributed by atoms with Crippen molar-refractivity contribution in [2.24, 2.45) is 5.92 Å². The first kappa shape index (κ1) is 23.1. The second-order valence-electron chi connectivity index (χ2n) is 8.13. The summed E-state index contributed by atoms with van der Waals surface area (Å²) < 4.78 is 25.4. The Hall–Kier alpha value is -2.55. The first-order valence-corrected chi connectivity index (χ1v) is 11.8. The summed E-state index contributed by atoms with van der Waals surface area (Å²) in [6.07, 6.45) is 5.90. The summed E-state index contributed by atoms with van der Waals surface area (Å²) in [6.45, 7) is 4.80. The van der Waals surface area contributed by atoms with Crippen molar-refractivity contribution in [3.8, 4) is 0 Å². The van der Waals surface area contributed by atoms with E-state index >= 15 is 0 Å². The number of amides is 1. The van der Waals surface area contributed by atoms with E-state index in [-0.39, 0.29) is 16.8 Å². The van der Waals surface area contributed by atoms with Crippen molar-refractivity contribution in [3.05, 3.63) is 66.0 Å². The molecule has 0 radical (unpaired) electrons. The number of hydrogen-bond donors (Lipinski definition) is 1. The average Bonchev–Trinajstić information content (AvgIpc) is 2.75. The number of benzene rings is 1. The second-order valence-corrected chi connectivity index (χ2v) is 10.3. The number of piperidine rings is 1. The fourth-order valence-corrected chi connectivity index (χ4v) is 4.58. The number of carbonyl (C=O) groups excluding carboxylic acids is 1. The van der Waals surface area contributed by atoms with Gasteiger partial charge in [-0.3, -0.25) is 14.7 Å². The van der Waals surface area contributed by atoms with Crippen molar-refractivity contribution in [2.45, 2.75) is 30.8 Å². The van der Waals surface area contributed by atoms with Crippen LogP contribution < -0.4 is 5.32 Å². The molecule has 8 heteroatoms. The minimum atomic E-state index is -3.45. The van der Waals surface area contributed by atoms with E-state index in [2.05, 4.69) is 22.1 Å². The summed E-state index contributed by atoms with van der Waals surface area (Å²) in [7, 11) is -0.458. The number of pyridine rings is 1. The number of rotatable bonds is 7. The third kappa shape index (κ3) is 6.22. The summed E-state index contributed by atoms with van der Waals surface area (Å²) in [6, 6.07) is 12.6. The van der Waals surface area contributed by atoms with E-state index in [0.717, 1.165) is 37.3 Å². The lowest BCUT2D eigenvalue weighted by molar-refractivity contribution is -0.117. The summed E-state index contributed by atoms with van der Waals surface area (Å²) in [4.78, 5) is 19.4. The van der Waals surface area contributed by atoms with Gasteiger partial charge in [0.25, 0.3) is 0 Å². The zero-order valence-electron chi connectivity index (χ0n) is 18.2. The molecule has 1 aromatic heterocycles. The largest absolute Gasteiger partial charge is 0.349 e. The van der Waals surface area contributed by atoms with Crippen molar-refractivity contribution < 1.29 is 13.2 Å². The summed E-state index contributed by atoms with van der Waals surface area (Å²) in [5, 5.41) is 3.10. The van der Waals surface area contributed by atoms with Crippen molar-refractivity contribution in [3.63, 3.8) is 0 Å². The SMILES string of the molecule is CC1CN(Cc2ccccn2)CCC1NC(=O)/C=C/c1ccc(S(=O)(=O)N(C)C)cc1. The van der Waals surface area contributed by atoms with Crippen LogP contribution in [0.15, 0.2) is 59.6 Å². The number of aromatic nitrogens is 1. The highest BCUT2D eigenvalue weighted by Gasteiger charge is 2.27. The highest BCUT2D eigenvalue weighted by molar-refractivity contribution is 7.89. The Morgan fingerprint density at radius 1 is 1.23 bits per heavy atom. The number of nitrogens with one attached hydrogen (secondary N) is 1. The Bertz CT molecular complexity index is 1000. The van der Waals surface area contributed by atoms with E-state index in [1.54, 1.807) is 30.3 Å². The van der Waals surface area contributed by atoms with Gasteiger partial charge in [0.2, 0.25) is 15.9 Å². The maximum absolute atomic E-state index is 12.4. The van der Waals surface area contributed by atoms with Crippen LogP contribution in [0.3, 0.4) is 0 Å². The average molecular weight is 443 g/mol. The topological polar surface area (TPSA) is 82.6 Å². The van der Waals surface area contributed by atoms with Crippen LogP contribution in [0.4, 0.5) is 0 Å². The maximum Gasteiger partial charge on any atom is 0.244 e. The van der Waals surface area contributed by atoms with Gasteiger partial charge in [-0.25, -0.2) is 12.7 Å². The van der Waals surface area contributed by atoms with Crippen LogP contribution in [0.2, 0.25) is 0 Å². The molecule has 166 valence electrons. The quantitative estimate of drug-likeness (QED) is 0.666. The normalized spacial score (nSPS) is 20.3. The first-order valence-electron chi connectivity index (χ1n) is 10.4. The van der Waals surface area contributed by atoms with Crippen LogP contribution in [-0.4, -0.2) is 61.7 Å². The Morgan fingerprint density at radius 3 is 2.58 bits per heavy atom. The number of nitrogens with zero attached hydrogens (tertiary/aromatic N) is 3. The van der Waals surface area contributed by atoms with Crippen LogP contribution in [0, 0.1) is 5.92 Å². The van der Waals surface area contributed by atoms with Gasteiger partial charge in [0, 0.05) is 52.0 Å². The van der Waals surface area contributed by atoms with Gasteiger partial charge < -0.3 is 5.32 Å². The predicted molar refractivity (Wildman–Crippen MR) is 122 cm³/mol. The van der Waals surface area contributed by atoms with E-state index in [9.17, 15) is 13.2 Å². The zero-order valence-corrected chi connectivity index (χ0v) is 19.0. The van der Waals surface area contributed by atoms with Crippen LogP contribution in [0.1, 0.15) is 24.6 Å². The standard InChI is InChI=1S/C23H30N4O3S/c1-18-16-27(17-20-6-4-5-14-24-20)15-13-22(18)25-23(28)12-9-19-7-10-21(11-8-19)31(29,30)26(2)3/h4-12,14,18,22H,13,15-17H2,1-3H3,(H,25,28)/b12-9+. The summed E-state index contributed by atoms with van der Waals surface area (Å²) in [5.74, 6) is 0.199. The third-order valence-corrected chi connectivity index (χ3v) is 7.34. The molecule has 1 aliphatic rings. The van der Waals surface area contributed by atoms with Gasteiger partial charge in [0.15, 0.2) is 0 Å². The number of sulfonamides is 1. The van der Waals surface area contributed by atoms with E-state index in [1.807, 2.05) is 24.4 Å². The monoisotopic (exact) mass is 442 g/mol. The molecule has 1 saturated heterocycles. The molecule has 0 spiro atoms. The van der Waals surface area contributed by atoms with E-state index < -0.39 is 10.0 Å². The lowest BCUT2D eigenvalue weighted by Crippen LogP contribution is -2.49. The number of likely N-dealkylation sites (tertiary alicyclic amines) is 1. The molecule has 1 fully saturated rings. The lowest BCUT2D eigenvalue weighted by Gasteiger charge is -2.37. The smallest absolute Gasteiger partial charge is 0.244 e. The number of hydrogen-bond acceptors (Lipinski definition) is 5. The maximum atomic E-state index is 12.4. The molecule has 3 rings (SSSR count). The van der Waals surface area contributed by atoms with Gasteiger partial charge >= 0.3 is 0 Å². The Morgan fingerprint density at radius 2 is 1.97 bits per heavy atom. The molecule has 2 unspecified atom stereocenters. The molecule has 2 heterocycles. The van der Waals surface area contributed by atoms with Gasteiger partial charge in [-0.2, -0.15) is 0 Å². The molecule has 1 aliphatic heterocycles. The van der Waals surface area contributed by atoms with Gasteiger partial charge in [0.05, 0.1) is 10.6 Å². The molecule has 31 heavy (non-hydrogen) atoms. The van der Waals surface area contributed by atoms with Crippen LogP contribution in [0.25, 0.3) is 6.08 Å². The lowest BCUT2D eigenvalue weighted by atomic mass is 9.93. The molecular formula is C23H30N4O3S.